The second-order valence-electron chi connectivity index (χ2n) is 16.7. The highest BCUT2D eigenvalue weighted by atomic mass is 32.2. The first kappa shape index (κ1) is 37.0. The predicted molar refractivity (Wildman–Crippen MR) is 209 cm³/mol. The number of piperidine rings is 3. The molecule has 9 nitrogen and oxygen atoms in total. The van der Waals surface area contributed by atoms with Crippen molar-refractivity contribution in [2.24, 2.45) is 5.41 Å². The summed E-state index contributed by atoms with van der Waals surface area (Å²) in [5.41, 5.74) is 3.50. The molecule has 0 spiro atoms. The summed E-state index contributed by atoms with van der Waals surface area (Å²) in [6.07, 6.45) is 9.04. The number of amides is 4. The van der Waals surface area contributed by atoms with Crippen LogP contribution < -0.4 is 10.2 Å². The summed E-state index contributed by atoms with van der Waals surface area (Å²) >= 11 is 1.52. The summed E-state index contributed by atoms with van der Waals surface area (Å²) in [6, 6.07) is 13.8. The van der Waals surface area contributed by atoms with Gasteiger partial charge < -0.3 is 29.8 Å². The molecule has 2 aromatic carbocycles. The average Bonchev–Trinajstić information content (AvgIpc) is 3.34. The minimum absolute atomic E-state index is 0. The monoisotopic (exact) mass is 734 g/mol. The third-order valence-corrected chi connectivity index (χ3v) is 13.4. The van der Waals surface area contributed by atoms with Gasteiger partial charge >= 0.3 is 6.03 Å². The number of carbonyl (C=O) groups excluding carboxylic acids is 3. The molecule has 52 heavy (non-hydrogen) atoms. The number of halogens is 1. The molecule has 2 atom stereocenters. The molecule has 4 amide bonds. The Bertz CT molecular complexity index is 1600. The van der Waals surface area contributed by atoms with Crippen LogP contribution in [0.2, 0.25) is 0 Å². The van der Waals surface area contributed by atoms with Crippen LogP contribution in [0.3, 0.4) is 0 Å². The van der Waals surface area contributed by atoms with Crippen LogP contribution in [0, 0.1) is 11.2 Å². The van der Waals surface area contributed by atoms with Crippen LogP contribution in [0.15, 0.2) is 42.5 Å². The first-order valence-electron chi connectivity index (χ1n) is 19.7. The predicted octanol–water partition coefficient (Wildman–Crippen LogP) is 7.38. The van der Waals surface area contributed by atoms with Gasteiger partial charge in [-0.15, -0.1) is 11.8 Å². The first-order valence-corrected chi connectivity index (χ1v) is 20.7. The van der Waals surface area contributed by atoms with E-state index >= 15 is 4.39 Å². The molecule has 0 bridgehead atoms. The minimum Gasteiger partial charge on any atom is -0.369 e. The number of hydrogen-bond donors (Lipinski definition) is 1. The maximum absolute atomic E-state index is 15.9. The van der Waals surface area contributed by atoms with Gasteiger partial charge in [-0.05, 0) is 87.6 Å². The van der Waals surface area contributed by atoms with Crippen LogP contribution in [0.4, 0.5) is 20.6 Å². The molecule has 11 heteroatoms. The van der Waals surface area contributed by atoms with Gasteiger partial charge in [0, 0.05) is 70.5 Å². The lowest BCUT2D eigenvalue weighted by Crippen LogP contribution is -2.50. The van der Waals surface area contributed by atoms with Crippen LogP contribution >= 0.6 is 11.8 Å². The fourth-order valence-corrected chi connectivity index (χ4v) is 10.4. The molecule has 5 aliphatic rings. The molecule has 4 saturated heterocycles. The van der Waals surface area contributed by atoms with Crippen molar-refractivity contribution < 1.29 is 20.2 Å². The molecule has 0 aliphatic carbocycles. The fourth-order valence-electron chi connectivity index (χ4n) is 8.90. The summed E-state index contributed by atoms with van der Waals surface area (Å²) < 4.78 is 15.9. The lowest BCUT2D eigenvalue weighted by atomic mass is 9.92. The van der Waals surface area contributed by atoms with Crippen molar-refractivity contribution in [3.63, 3.8) is 0 Å². The maximum Gasteiger partial charge on any atom is 0.322 e. The number of likely N-dealkylation sites (tertiary alicyclic amines) is 2. The van der Waals surface area contributed by atoms with Crippen molar-refractivity contribution >= 4 is 41.0 Å². The van der Waals surface area contributed by atoms with Gasteiger partial charge in [0.15, 0.2) is 0 Å². The number of urea groups is 1. The normalized spacial score (nSPS) is 24.2. The Labute approximate surface area is 315 Å². The molecule has 0 saturated carbocycles. The van der Waals surface area contributed by atoms with Gasteiger partial charge in [0.1, 0.15) is 11.2 Å². The van der Waals surface area contributed by atoms with E-state index in [1.165, 1.54) is 44.1 Å². The third kappa shape index (κ3) is 8.25. The highest BCUT2D eigenvalue weighted by Gasteiger charge is 2.45. The van der Waals surface area contributed by atoms with Crippen molar-refractivity contribution in [1.82, 2.24) is 19.6 Å². The van der Waals surface area contributed by atoms with Gasteiger partial charge in [-0.25, -0.2) is 9.18 Å². The van der Waals surface area contributed by atoms with Gasteiger partial charge in [0.05, 0.1) is 10.9 Å². The summed E-state index contributed by atoms with van der Waals surface area (Å²) in [7, 11) is 0. The number of nitrogens with one attached hydrogen (secondary N) is 1. The van der Waals surface area contributed by atoms with E-state index in [2.05, 4.69) is 42.0 Å². The fraction of sp³-hybridized carbons (Fsp3) is 0.634. The quantitative estimate of drug-likeness (QED) is 0.305. The Balaban J connectivity index is 0.00000481. The molecule has 1 unspecified atom stereocenters. The van der Waals surface area contributed by atoms with E-state index in [9.17, 15) is 14.4 Å². The third-order valence-electron chi connectivity index (χ3n) is 12.0. The lowest BCUT2D eigenvalue weighted by molar-refractivity contribution is -0.137. The molecule has 7 rings (SSSR count). The second-order valence-corrected chi connectivity index (χ2v) is 17.9. The SMILES string of the molecule is CC(C)(C)CCN1C(=O)[C@H](CC(=O)N2CCC(N3CCc4ccccc4NC3=O)CC2)SC1c1cccc(F)c1N1CCC(N2CCCCC2)CC1.[HH]. The largest absolute Gasteiger partial charge is 0.369 e. The Morgan fingerprint density at radius 3 is 2.33 bits per heavy atom. The summed E-state index contributed by atoms with van der Waals surface area (Å²) in [6.45, 7) is 12.8. The Hall–Kier alpha value is -3.31. The average molecular weight is 735 g/mol. The Kier molecular flexibility index (Phi) is 11.4. The number of nitrogens with zero attached hydrogens (tertiary/aromatic N) is 5. The van der Waals surface area contributed by atoms with Crippen molar-refractivity contribution in [2.75, 3.05) is 62.6 Å². The molecule has 5 aliphatic heterocycles. The lowest BCUT2D eigenvalue weighted by Gasteiger charge is -2.42. The zero-order valence-corrected chi connectivity index (χ0v) is 32.1. The zero-order valence-electron chi connectivity index (χ0n) is 31.3. The van der Waals surface area contributed by atoms with Crippen LogP contribution in [-0.2, 0) is 16.0 Å². The van der Waals surface area contributed by atoms with Crippen molar-refractivity contribution in [2.45, 2.75) is 108 Å². The molecular weight excluding hydrogens is 676 g/mol. The molecule has 0 radical (unpaired) electrons. The van der Waals surface area contributed by atoms with E-state index in [4.69, 9.17) is 0 Å². The summed E-state index contributed by atoms with van der Waals surface area (Å²) in [5.74, 6) is -0.280. The maximum atomic E-state index is 15.9. The topological polar surface area (TPSA) is 79.4 Å². The van der Waals surface area contributed by atoms with Crippen molar-refractivity contribution in [3.05, 3.63) is 59.4 Å². The highest BCUT2D eigenvalue weighted by molar-refractivity contribution is 8.01. The van der Waals surface area contributed by atoms with E-state index in [-0.39, 0.29) is 48.3 Å². The molecule has 2 aromatic rings. The zero-order chi connectivity index (χ0) is 36.4. The molecule has 284 valence electrons. The summed E-state index contributed by atoms with van der Waals surface area (Å²) in [4.78, 5) is 51.8. The Morgan fingerprint density at radius 1 is 0.885 bits per heavy atom. The number of anilines is 2. The van der Waals surface area contributed by atoms with Crippen LogP contribution in [0.1, 0.15) is 96.5 Å². The van der Waals surface area contributed by atoms with Gasteiger partial charge in [-0.1, -0.05) is 57.5 Å². The number of carbonyl (C=O) groups is 3. The number of thioether (sulfide) groups is 1. The first-order chi connectivity index (χ1) is 25.1. The number of hydrogen-bond acceptors (Lipinski definition) is 6. The van der Waals surface area contributed by atoms with Gasteiger partial charge in [0.25, 0.3) is 0 Å². The smallest absolute Gasteiger partial charge is 0.322 e. The van der Waals surface area contributed by atoms with Gasteiger partial charge in [0.2, 0.25) is 11.8 Å². The van der Waals surface area contributed by atoms with E-state index in [1.807, 2.05) is 39.0 Å². The van der Waals surface area contributed by atoms with E-state index < -0.39 is 5.25 Å². The van der Waals surface area contributed by atoms with E-state index in [1.54, 1.807) is 12.1 Å². The molecular formula is C41H59FN6O3S. The van der Waals surface area contributed by atoms with Crippen LogP contribution in [0.5, 0.6) is 0 Å². The van der Waals surface area contributed by atoms with Crippen LogP contribution in [-0.4, -0.2) is 107 Å². The van der Waals surface area contributed by atoms with E-state index in [0.29, 0.717) is 50.7 Å². The van der Waals surface area contributed by atoms with Crippen LogP contribution in [0.25, 0.3) is 0 Å². The number of benzene rings is 2. The second kappa shape index (κ2) is 16.0. The Morgan fingerprint density at radius 2 is 1.60 bits per heavy atom. The molecule has 0 aromatic heterocycles. The minimum atomic E-state index is -0.522. The standard InChI is InChI=1S/C41H57FN6O3S.H2/c1-41(2,3)19-27-48-38(50)35(28-36(49)45-22-17-31(18-23-45)47-26-14-29-10-5-6-13-34(29)43-40(47)51)52-39(48)32-11-9-12-33(42)37(32)46-24-15-30(16-25-46)44-20-7-4-8-21-44;/h5-6,9-13,30-31,35,39H,4,7-8,14-28H2,1-3H3,(H,43,51);1H/t35-,39?;/m0./s1. The molecule has 5 heterocycles. The number of rotatable bonds is 8. The van der Waals surface area contributed by atoms with Gasteiger partial charge in [-0.3, -0.25) is 9.59 Å². The van der Waals surface area contributed by atoms with Crippen molar-refractivity contribution in [1.29, 1.82) is 0 Å². The summed E-state index contributed by atoms with van der Waals surface area (Å²) in [5, 5.41) is 2.20. The molecule has 4 fully saturated rings. The number of para-hydroxylation sites is 2. The van der Waals surface area contributed by atoms with E-state index in [0.717, 1.165) is 55.6 Å². The van der Waals surface area contributed by atoms with Gasteiger partial charge in [-0.2, -0.15) is 0 Å². The highest BCUT2D eigenvalue weighted by Crippen LogP contribution is 2.49. The number of fused-ring (bicyclic) bond motifs is 1. The molecule has 1 N–H and O–H groups in total. The van der Waals surface area contributed by atoms with Crippen molar-refractivity contribution in [3.8, 4) is 0 Å².